The second-order valence-corrected chi connectivity index (χ2v) is 5.06. The molecule has 1 N–H and O–H groups in total. The smallest absolute Gasteiger partial charge is 0.134 e. The van der Waals surface area contributed by atoms with E-state index in [0.717, 1.165) is 34.4 Å². The Labute approximate surface area is 108 Å². The van der Waals surface area contributed by atoms with E-state index in [9.17, 15) is 0 Å². The Morgan fingerprint density at radius 2 is 2.35 bits per heavy atom. The lowest BCUT2D eigenvalue weighted by atomic mass is 10.4. The van der Waals surface area contributed by atoms with Crippen molar-refractivity contribution in [3.8, 4) is 0 Å². The van der Waals surface area contributed by atoms with Gasteiger partial charge in [-0.2, -0.15) is 0 Å². The van der Waals surface area contributed by atoms with Gasteiger partial charge in [0.25, 0.3) is 0 Å². The van der Waals surface area contributed by atoms with Crippen LogP contribution in [0.1, 0.15) is 19.0 Å². The second kappa shape index (κ2) is 6.51. The Hall–Kier alpha value is -1.21. The molecule has 0 radical (unpaired) electrons. The van der Waals surface area contributed by atoms with Gasteiger partial charge in [-0.05, 0) is 6.42 Å². The van der Waals surface area contributed by atoms with Gasteiger partial charge in [-0.25, -0.2) is 4.98 Å². The minimum atomic E-state index is 0.765. The quantitative estimate of drug-likeness (QED) is 0.811. The zero-order valence-corrected chi connectivity index (χ0v) is 11.1. The van der Waals surface area contributed by atoms with Gasteiger partial charge in [-0.3, -0.25) is 4.98 Å². The Morgan fingerprint density at radius 3 is 3.12 bits per heavy atom. The molecule has 17 heavy (non-hydrogen) atoms. The Kier molecular flexibility index (Phi) is 4.69. The van der Waals surface area contributed by atoms with E-state index in [4.69, 9.17) is 0 Å². The fourth-order valence-corrected chi connectivity index (χ4v) is 2.63. The second-order valence-electron chi connectivity index (χ2n) is 3.31. The van der Waals surface area contributed by atoms with E-state index in [1.807, 2.05) is 0 Å². The first-order valence-electron chi connectivity index (χ1n) is 5.34. The summed E-state index contributed by atoms with van der Waals surface area (Å²) in [5.41, 5.74) is 0.985. The predicted octanol–water partition coefficient (Wildman–Crippen LogP) is 2.44. The van der Waals surface area contributed by atoms with Crippen LogP contribution < -0.4 is 5.32 Å². The molecule has 90 valence electrons. The highest BCUT2D eigenvalue weighted by Gasteiger charge is 2.08. The number of nitrogens with zero attached hydrogens (tertiary/aromatic N) is 4. The van der Waals surface area contributed by atoms with Gasteiger partial charge in [0.1, 0.15) is 15.7 Å². The highest BCUT2D eigenvalue weighted by atomic mass is 32.2. The molecule has 0 bridgehead atoms. The summed E-state index contributed by atoms with van der Waals surface area (Å²) in [5, 5.41) is 9.41. The third-order valence-electron chi connectivity index (χ3n) is 1.99. The Bertz CT molecular complexity index is 445. The third-order valence-corrected chi connectivity index (χ3v) is 3.64. The zero-order valence-electron chi connectivity index (χ0n) is 9.46. The van der Waals surface area contributed by atoms with E-state index in [2.05, 4.69) is 31.8 Å². The molecule has 0 amide bonds. The standard InChI is InChI=1S/C10H13N5S2/c1-2-3-13-10-8(14-15-17-10)7-16-9-6-11-4-5-12-9/h4-6,13H,2-3,7H2,1H3. The molecule has 0 aliphatic carbocycles. The summed E-state index contributed by atoms with van der Waals surface area (Å²) < 4.78 is 3.97. The molecule has 0 saturated carbocycles. The number of rotatable bonds is 6. The molecule has 2 rings (SSSR count). The molecule has 0 aromatic carbocycles. The predicted molar refractivity (Wildman–Crippen MR) is 70.3 cm³/mol. The average molecular weight is 267 g/mol. The molecule has 7 heteroatoms. The van der Waals surface area contributed by atoms with Crippen LogP contribution in [0.5, 0.6) is 0 Å². The molecule has 2 heterocycles. The number of hydrogen-bond donors (Lipinski definition) is 1. The fraction of sp³-hybridized carbons (Fsp3) is 0.400. The van der Waals surface area contributed by atoms with E-state index in [1.165, 1.54) is 11.5 Å². The fourth-order valence-electron chi connectivity index (χ4n) is 1.18. The maximum atomic E-state index is 4.21. The number of nitrogens with one attached hydrogen (secondary N) is 1. The van der Waals surface area contributed by atoms with E-state index in [0.29, 0.717) is 0 Å². The van der Waals surface area contributed by atoms with Gasteiger partial charge in [-0.15, -0.1) is 5.10 Å². The molecule has 0 spiro atoms. The lowest BCUT2D eigenvalue weighted by Crippen LogP contribution is -2.00. The van der Waals surface area contributed by atoms with E-state index in [1.54, 1.807) is 30.4 Å². The summed E-state index contributed by atoms with van der Waals surface area (Å²) in [6.45, 7) is 3.09. The average Bonchev–Trinajstić information content (AvgIpc) is 2.82. The van der Waals surface area contributed by atoms with Crippen molar-refractivity contribution in [3.63, 3.8) is 0 Å². The van der Waals surface area contributed by atoms with Crippen LogP contribution in [0.15, 0.2) is 23.6 Å². The minimum absolute atomic E-state index is 0.765. The highest BCUT2D eigenvalue weighted by molar-refractivity contribution is 7.98. The molecule has 0 unspecified atom stereocenters. The SMILES string of the molecule is CCCNc1snnc1CSc1cnccn1. The molecule has 5 nitrogen and oxygen atoms in total. The molecule has 0 aliphatic rings. The van der Waals surface area contributed by atoms with Gasteiger partial charge in [-0.1, -0.05) is 23.2 Å². The maximum absolute atomic E-state index is 4.21. The largest absolute Gasteiger partial charge is 0.374 e. The molecular formula is C10H13N5S2. The van der Waals surface area contributed by atoms with Gasteiger partial charge in [0, 0.05) is 36.2 Å². The molecular weight excluding hydrogens is 254 g/mol. The van der Waals surface area contributed by atoms with Gasteiger partial charge < -0.3 is 5.32 Å². The van der Waals surface area contributed by atoms with Gasteiger partial charge in [0.15, 0.2) is 0 Å². The van der Waals surface area contributed by atoms with E-state index < -0.39 is 0 Å². The lowest BCUT2D eigenvalue weighted by Gasteiger charge is -2.02. The molecule has 2 aromatic heterocycles. The van der Waals surface area contributed by atoms with E-state index in [-0.39, 0.29) is 0 Å². The summed E-state index contributed by atoms with van der Waals surface area (Å²) in [4.78, 5) is 8.23. The Balaban J connectivity index is 1.92. The molecule has 0 saturated heterocycles. The molecule has 2 aromatic rings. The van der Waals surface area contributed by atoms with Crippen molar-refractivity contribution in [3.05, 3.63) is 24.3 Å². The van der Waals surface area contributed by atoms with Crippen molar-refractivity contribution >= 4 is 28.3 Å². The summed E-state index contributed by atoms with van der Waals surface area (Å²) in [5.74, 6) is 0.765. The van der Waals surface area contributed by atoms with Crippen molar-refractivity contribution in [2.24, 2.45) is 0 Å². The van der Waals surface area contributed by atoms with Gasteiger partial charge >= 0.3 is 0 Å². The third kappa shape index (κ3) is 3.64. The van der Waals surface area contributed by atoms with Crippen molar-refractivity contribution in [2.45, 2.75) is 24.1 Å². The van der Waals surface area contributed by atoms with E-state index >= 15 is 0 Å². The van der Waals surface area contributed by atoms with Crippen LogP contribution in [0, 0.1) is 0 Å². The van der Waals surface area contributed by atoms with Crippen LogP contribution in [-0.4, -0.2) is 26.1 Å². The van der Waals surface area contributed by atoms with Gasteiger partial charge in [0.05, 0.1) is 6.20 Å². The minimum Gasteiger partial charge on any atom is -0.374 e. The summed E-state index contributed by atoms with van der Waals surface area (Å²) >= 11 is 3.02. The Morgan fingerprint density at radius 1 is 1.41 bits per heavy atom. The van der Waals surface area contributed by atoms with Gasteiger partial charge in [0.2, 0.25) is 0 Å². The topological polar surface area (TPSA) is 63.6 Å². The maximum Gasteiger partial charge on any atom is 0.134 e. The van der Waals surface area contributed by atoms with Crippen molar-refractivity contribution in [1.82, 2.24) is 19.6 Å². The first-order valence-corrected chi connectivity index (χ1v) is 7.10. The molecule has 0 aliphatic heterocycles. The van der Waals surface area contributed by atoms with Crippen molar-refractivity contribution in [2.75, 3.05) is 11.9 Å². The zero-order chi connectivity index (χ0) is 11.9. The number of aromatic nitrogens is 4. The summed E-state index contributed by atoms with van der Waals surface area (Å²) in [7, 11) is 0. The molecule has 0 fully saturated rings. The van der Waals surface area contributed by atoms with Crippen LogP contribution >= 0.6 is 23.3 Å². The highest BCUT2D eigenvalue weighted by Crippen LogP contribution is 2.25. The summed E-state index contributed by atoms with van der Waals surface area (Å²) in [6.07, 6.45) is 6.21. The van der Waals surface area contributed by atoms with Crippen LogP contribution in [0.4, 0.5) is 5.00 Å². The first-order chi connectivity index (χ1) is 8.40. The van der Waals surface area contributed by atoms with Crippen LogP contribution in [0.3, 0.4) is 0 Å². The van der Waals surface area contributed by atoms with Crippen molar-refractivity contribution in [1.29, 1.82) is 0 Å². The normalized spacial score (nSPS) is 10.4. The number of thioether (sulfide) groups is 1. The van der Waals surface area contributed by atoms with Crippen LogP contribution in [-0.2, 0) is 5.75 Å². The molecule has 0 atom stereocenters. The number of hydrogen-bond acceptors (Lipinski definition) is 7. The van der Waals surface area contributed by atoms with Crippen LogP contribution in [0.25, 0.3) is 0 Å². The van der Waals surface area contributed by atoms with Crippen molar-refractivity contribution < 1.29 is 0 Å². The monoisotopic (exact) mass is 267 g/mol. The lowest BCUT2D eigenvalue weighted by molar-refractivity contribution is 0.976. The summed E-state index contributed by atoms with van der Waals surface area (Å²) in [6, 6.07) is 0. The first kappa shape index (κ1) is 12.3. The van der Waals surface area contributed by atoms with Crippen LogP contribution in [0.2, 0.25) is 0 Å². The number of anilines is 1.